The molecule has 1 N–H and O–H groups in total. The van der Waals surface area contributed by atoms with Crippen LogP contribution in [0.1, 0.15) is 31.0 Å². The molecule has 0 saturated heterocycles. The minimum absolute atomic E-state index is 0.0601. The van der Waals surface area contributed by atoms with Crippen molar-refractivity contribution in [2.45, 2.75) is 25.4 Å². The predicted octanol–water partition coefficient (Wildman–Crippen LogP) is 2.12. The summed E-state index contributed by atoms with van der Waals surface area (Å²) in [5.74, 6) is 1.80. The third-order valence-corrected chi connectivity index (χ3v) is 3.21. The van der Waals surface area contributed by atoms with Gasteiger partial charge in [0.05, 0.1) is 12.9 Å². The molecule has 2 aromatic heterocycles. The second-order valence-electron chi connectivity index (χ2n) is 4.57. The van der Waals surface area contributed by atoms with Crippen molar-refractivity contribution in [1.29, 1.82) is 0 Å². The first-order chi connectivity index (χ1) is 9.26. The minimum Gasteiger partial charge on any atom is -0.467 e. The highest BCUT2D eigenvalue weighted by atomic mass is 16.5. The number of nitrogens with one attached hydrogen (secondary N) is 1. The normalized spacial score (nSPS) is 14.5. The lowest BCUT2D eigenvalue weighted by molar-refractivity contribution is 0.158. The van der Waals surface area contributed by atoms with Gasteiger partial charge in [0.15, 0.2) is 0 Å². The second-order valence-corrected chi connectivity index (χ2v) is 4.57. The summed E-state index contributed by atoms with van der Waals surface area (Å²) < 4.78 is 12.8. The molecule has 0 fully saturated rings. The Morgan fingerprint density at radius 3 is 2.89 bits per heavy atom. The lowest BCUT2D eigenvalue weighted by Crippen LogP contribution is -2.37. The van der Waals surface area contributed by atoms with Crippen molar-refractivity contribution in [3.05, 3.63) is 42.4 Å². The highest BCUT2D eigenvalue weighted by molar-refractivity contribution is 5.16. The van der Waals surface area contributed by atoms with Gasteiger partial charge >= 0.3 is 0 Å². The standard InChI is InChI=1S/C14H21N3O2/c1-4-11(10-18-3)16-13(12-6-5-9-19-12)14-15-7-8-17(14)2/h5-9,11,13,16H,4,10H2,1-3H3. The molecule has 0 bridgehead atoms. The van der Waals surface area contributed by atoms with Gasteiger partial charge in [0.25, 0.3) is 0 Å². The Morgan fingerprint density at radius 1 is 1.53 bits per heavy atom. The van der Waals surface area contributed by atoms with Crippen molar-refractivity contribution >= 4 is 0 Å². The molecule has 2 unspecified atom stereocenters. The van der Waals surface area contributed by atoms with E-state index in [1.54, 1.807) is 19.6 Å². The molecule has 0 aliphatic heterocycles. The summed E-state index contributed by atoms with van der Waals surface area (Å²) in [7, 11) is 3.70. The Labute approximate surface area is 113 Å². The zero-order valence-corrected chi connectivity index (χ0v) is 11.7. The molecule has 0 aliphatic carbocycles. The summed E-state index contributed by atoms with van der Waals surface area (Å²) in [5, 5.41) is 3.55. The Morgan fingerprint density at radius 2 is 2.37 bits per heavy atom. The molecule has 0 saturated carbocycles. The van der Waals surface area contributed by atoms with Gasteiger partial charge in [0.2, 0.25) is 0 Å². The first-order valence-corrected chi connectivity index (χ1v) is 6.51. The van der Waals surface area contributed by atoms with Crippen LogP contribution < -0.4 is 5.32 Å². The molecule has 2 atom stereocenters. The molecule has 2 heterocycles. The quantitative estimate of drug-likeness (QED) is 0.831. The molecule has 2 aromatic rings. The van der Waals surface area contributed by atoms with Gasteiger partial charge in [-0.2, -0.15) is 0 Å². The van der Waals surface area contributed by atoms with Crippen LogP contribution in [0.5, 0.6) is 0 Å². The number of hydrogen-bond acceptors (Lipinski definition) is 4. The van der Waals surface area contributed by atoms with Gasteiger partial charge in [-0.05, 0) is 18.6 Å². The third-order valence-electron chi connectivity index (χ3n) is 3.21. The predicted molar refractivity (Wildman–Crippen MR) is 72.8 cm³/mol. The largest absolute Gasteiger partial charge is 0.467 e. The summed E-state index contributed by atoms with van der Waals surface area (Å²) in [6, 6.07) is 4.06. The van der Waals surface area contributed by atoms with Gasteiger partial charge in [-0.25, -0.2) is 4.98 Å². The van der Waals surface area contributed by atoms with Crippen LogP contribution in [0.4, 0.5) is 0 Å². The Hall–Kier alpha value is -1.59. The van der Waals surface area contributed by atoms with Gasteiger partial charge in [-0.1, -0.05) is 6.92 Å². The molecule has 0 amide bonds. The SMILES string of the molecule is CCC(COC)NC(c1ccco1)c1nccn1C. The fourth-order valence-electron chi connectivity index (χ4n) is 2.12. The van der Waals surface area contributed by atoms with E-state index in [1.165, 1.54) is 0 Å². The number of aromatic nitrogens is 2. The summed E-state index contributed by atoms with van der Waals surface area (Å²) in [6.07, 6.45) is 6.40. The van der Waals surface area contributed by atoms with Crippen LogP contribution >= 0.6 is 0 Å². The number of ether oxygens (including phenoxy) is 1. The lowest BCUT2D eigenvalue weighted by Gasteiger charge is -2.23. The molecule has 5 nitrogen and oxygen atoms in total. The zero-order chi connectivity index (χ0) is 13.7. The number of rotatable bonds is 7. The van der Waals surface area contributed by atoms with Gasteiger partial charge in [0.1, 0.15) is 17.6 Å². The molecule has 0 radical (unpaired) electrons. The molecule has 104 valence electrons. The average molecular weight is 263 g/mol. The van der Waals surface area contributed by atoms with Crippen molar-refractivity contribution in [3.63, 3.8) is 0 Å². The van der Waals surface area contributed by atoms with Crippen LogP contribution in [0.3, 0.4) is 0 Å². The maximum atomic E-state index is 5.54. The number of imidazole rings is 1. The van der Waals surface area contributed by atoms with Crippen LogP contribution in [0.15, 0.2) is 35.2 Å². The first kappa shape index (κ1) is 13.8. The number of nitrogens with zero attached hydrogens (tertiary/aromatic N) is 2. The van der Waals surface area contributed by atoms with Crippen molar-refractivity contribution in [2.24, 2.45) is 7.05 Å². The van der Waals surface area contributed by atoms with Gasteiger partial charge < -0.3 is 13.7 Å². The average Bonchev–Trinajstić information content (AvgIpc) is 3.06. The molecular formula is C14H21N3O2. The van der Waals surface area contributed by atoms with E-state index in [0.29, 0.717) is 6.61 Å². The monoisotopic (exact) mass is 263 g/mol. The molecule has 0 aromatic carbocycles. The van der Waals surface area contributed by atoms with E-state index in [0.717, 1.165) is 18.0 Å². The number of methoxy groups -OCH3 is 1. The van der Waals surface area contributed by atoms with E-state index in [1.807, 2.05) is 29.9 Å². The van der Waals surface area contributed by atoms with E-state index in [2.05, 4.69) is 17.2 Å². The van der Waals surface area contributed by atoms with Crippen LogP contribution in [0.25, 0.3) is 0 Å². The van der Waals surface area contributed by atoms with Crippen LogP contribution in [-0.4, -0.2) is 29.3 Å². The van der Waals surface area contributed by atoms with Crippen LogP contribution in [-0.2, 0) is 11.8 Å². The molecule has 0 spiro atoms. The fourth-order valence-corrected chi connectivity index (χ4v) is 2.12. The van der Waals surface area contributed by atoms with Crippen LogP contribution in [0.2, 0.25) is 0 Å². The zero-order valence-electron chi connectivity index (χ0n) is 11.7. The van der Waals surface area contributed by atoms with E-state index < -0.39 is 0 Å². The topological polar surface area (TPSA) is 52.2 Å². The van der Waals surface area contributed by atoms with E-state index in [-0.39, 0.29) is 12.1 Å². The van der Waals surface area contributed by atoms with Crippen molar-refractivity contribution in [1.82, 2.24) is 14.9 Å². The Kier molecular flexibility index (Phi) is 4.76. The molecular weight excluding hydrogens is 242 g/mol. The third kappa shape index (κ3) is 3.24. The smallest absolute Gasteiger partial charge is 0.133 e. The number of hydrogen-bond donors (Lipinski definition) is 1. The van der Waals surface area contributed by atoms with Crippen molar-refractivity contribution in [3.8, 4) is 0 Å². The number of furan rings is 1. The number of aryl methyl sites for hydroxylation is 1. The van der Waals surface area contributed by atoms with Crippen LogP contribution in [0, 0.1) is 0 Å². The van der Waals surface area contributed by atoms with Gasteiger partial charge in [-0.15, -0.1) is 0 Å². The van der Waals surface area contributed by atoms with E-state index >= 15 is 0 Å². The Bertz CT molecular complexity index is 479. The maximum absolute atomic E-state index is 5.54. The molecule has 0 aliphatic rings. The lowest BCUT2D eigenvalue weighted by atomic mass is 10.1. The van der Waals surface area contributed by atoms with Crippen molar-refractivity contribution < 1.29 is 9.15 Å². The van der Waals surface area contributed by atoms with Gasteiger partial charge in [0, 0.05) is 32.6 Å². The van der Waals surface area contributed by atoms with Gasteiger partial charge in [-0.3, -0.25) is 5.32 Å². The Balaban J connectivity index is 2.23. The first-order valence-electron chi connectivity index (χ1n) is 6.51. The van der Waals surface area contributed by atoms with E-state index in [9.17, 15) is 0 Å². The molecule has 2 rings (SSSR count). The highest BCUT2D eigenvalue weighted by Gasteiger charge is 2.23. The van der Waals surface area contributed by atoms with E-state index in [4.69, 9.17) is 9.15 Å². The second kappa shape index (κ2) is 6.54. The molecule has 19 heavy (non-hydrogen) atoms. The summed E-state index contributed by atoms with van der Waals surface area (Å²) >= 11 is 0. The summed E-state index contributed by atoms with van der Waals surface area (Å²) in [6.45, 7) is 2.80. The summed E-state index contributed by atoms with van der Waals surface area (Å²) in [5.41, 5.74) is 0. The summed E-state index contributed by atoms with van der Waals surface area (Å²) in [4.78, 5) is 4.42. The fraction of sp³-hybridized carbons (Fsp3) is 0.500. The maximum Gasteiger partial charge on any atom is 0.133 e. The minimum atomic E-state index is -0.0601. The highest BCUT2D eigenvalue weighted by Crippen LogP contribution is 2.21. The van der Waals surface area contributed by atoms with Crippen molar-refractivity contribution in [2.75, 3.05) is 13.7 Å². The molecule has 5 heteroatoms.